The van der Waals surface area contributed by atoms with Crippen LogP contribution < -0.4 is 10.9 Å². The van der Waals surface area contributed by atoms with E-state index in [2.05, 4.69) is 28.4 Å². The van der Waals surface area contributed by atoms with Crippen molar-refractivity contribution >= 4 is 12.6 Å². The summed E-state index contributed by atoms with van der Waals surface area (Å²) in [6.45, 7) is 0.658. The van der Waals surface area contributed by atoms with Crippen LogP contribution in [0.2, 0.25) is 0 Å². The Bertz CT molecular complexity index is 245. The fourth-order valence-electron chi connectivity index (χ4n) is 2.44. The Hall–Kier alpha value is 0.150. The third-order valence-electron chi connectivity index (χ3n) is 3.67. The maximum absolute atomic E-state index is 5.99. The van der Waals surface area contributed by atoms with Crippen molar-refractivity contribution in [2.24, 2.45) is 0 Å². The van der Waals surface area contributed by atoms with Gasteiger partial charge in [-0.25, -0.2) is 10.9 Å². The van der Waals surface area contributed by atoms with Gasteiger partial charge in [0, 0.05) is 7.11 Å². The number of hydrogen-bond donors (Lipinski definition) is 3. The van der Waals surface area contributed by atoms with Crippen LogP contribution in [-0.2, 0) is 9.47 Å². The molecule has 0 aromatic rings. The van der Waals surface area contributed by atoms with Gasteiger partial charge < -0.3 is 9.47 Å². The fourth-order valence-corrected chi connectivity index (χ4v) is 2.68. The first-order valence-electron chi connectivity index (χ1n) is 6.28. The number of rotatable bonds is 4. The SMILES string of the molecule is COC1CCCCC1OCC1NNC(S)N1C. The minimum absolute atomic E-state index is 0.0492. The van der Waals surface area contributed by atoms with Crippen LogP contribution in [0.3, 0.4) is 0 Å². The Balaban J connectivity index is 1.77. The highest BCUT2D eigenvalue weighted by Gasteiger charge is 2.30. The summed E-state index contributed by atoms with van der Waals surface area (Å²) in [4.78, 5) is 2.10. The van der Waals surface area contributed by atoms with Crippen molar-refractivity contribution in [1.29, 1.82) is 0 Å². The number of thiol groups is 1. The summed E-state index contributed by atoms with van der Waals surface area (Å²) in [5, 5.41) is 0. The molecule has 2 rings (SSSR count). The predicted octanol–water partition coefficient (Wildman–Crippen LogP) is 0.540. The molecule has 0 aromatic carbocycles. The monoisotopic (exact) mass is 261 g/mol. The Labute approximate surface area is 109 Å². The number of methoxy groups -OCH3 is 1. The van der Waals surface area contributed by atoms with E-state index >= 15 is 0 Å². The largest absolute Gasteiger partial charge is 0.379 e. The summed E-state index contributed by atoms with van der Waals surface area (Å²) in [7, 11) is 3.80. The zero-order valence-corrected chi connectivity index (χ0v) is 11.5. The molecule has 0 bridgehead atoms. The van der Waals surface area contributed by atoms with Crippen molar-refractivity contribution < 1.29 is 9.47 Å². The Kier molecular flexibility index (Phi) is 5.08. The van der Waals surface area contributed by atoms with Gasteiger partial charge in [-0.15, -0.1) is 12.6 Å². The molecule has 1 aliphatic carbocycles. The number of nitrogens with one attached hydrogen (secondary N) is 2. The number of hydrazine groups is 1. The van der Waals surface area contributed by atoms with Crippen molar-refractivity contribution in [2.45, 2.75) is 49.6 Å². The molecular weight excluding hydrogens is 238 g/mol. The summed E-state index contributed by atoms with van der Waals surface area (Å²) >= 11 is 4.37. The van der Waals surface area contributed by atoms with E-state index in [0.29, 0.717) is 6.61 Å². The molecule has 0 aromatic heterocycles. The molecule has 6 heteroatoms. The predicted molar refractivity (Wildman–Crippen MR) is 69.6 cm³/mol. The van der Waals surface area contributed by atoms with E-state index in [1.165, 1.54) is 12.8 Å². The van der Waals surface area contributed by atoms with Crippen LogP contribution in [0.25, 0.3) is 0 Å². The molecule has 1 heterocycles. The summed E-state index contributed by atoms with van der Waals surface area (Å²) in [5.41, 5.74) is 6.27. The molecule has 2 fully saturated rings. The lowest BCUT2D eigenvalue weighted by Gasteiger charge is -2.32. The van der Waals surface area contributed by atoms with Crippen molar-refractivity contribution in [1.82, 2.24) is 15.8 Å². The van der Waals surface area contributed by atoms with Crippen LogP contribution in [0, 0.1) is 0 Å². The zero-order valence-electron chi connectivity index (χ0n) is 10.6. The van der Waals surface area contributed by atoms with Crippen LogP contribution in [0.4, 0.5) is 0 Å². The van der Waals surface area contributed by atoms with E-state index in [1.54, 1.807) is 7.11 Å². The quantitative estimate of drug-likeness (QED) is 0.645. The van der Waals surface area contributed by atoms with Crippen LogP contribution in [0.5, 0.6) is 0 Å². The highest BCUT2D eigenvalue weighted by molar-refractivity contribution is 7.80. The van der Waals surface area contributed by atoms with Gasteiger partial charge in [0.1, 0.15) is 5.50 Å². The van der Waals surface area contributed by atoms with E-state index in [9.17, 15) is 0 Å². The van der Waals surface area contributed by atoms with E-state index in [4.69, 9.17) is 9.47 Å². The van der Waals surface area contributed by atoms with Gasteiger partial charge in [0.25, 0.3) is 0 Å². The topological polar surface area (TPSA) is 45.8 Å². The smallest absolute Gasteiger partial charge is 0.119 e. The van der Waals surface area contributed by atoms with Crippen molar-refractivity contribution in [3.05, 3.63) is 0 Å². The highest BCUT2D eigenvalue weighted by Crippen LogP contribution is 2.23. The Morgan fingerprint density at radius 1 is 1.24 bits per heavy atom. The lowest BCUT2D eigenvalue weighted by molar-refractivity contribution is -0.0875. The van der Waals surface area contributed by atoms with Crippen molar-refractivity contribution in [2.75, 3.05) is 20.8 Å². The molecule has 0 radical (unpaired) electrons. The minimum Gasteiger partial charge on any atom is -0.379 e. The van der Waals surface area contributed by atoms with Crippen LogP contribution in [0.15, 0.2) is 0 Å². The van der Waals surface area contributed by atoms with Crippen molar-refractivity contribution in [3.63, 3.8) is 0 Å². The van der Waals surface area contributed by atoms with Gasteiger partial charge in [0.05, 0.1) is 25.0 Å². The molecule has 2 N–H and O–H groups in total. The van der Waals surface area contributed by atoms with Crippen LogP contribution >= 0.6 is 12.6 Å². The molecule has 0 amide bonds. The Morgan fingerprint density at radius 2 is 1.94 bits per heavy atom. The van der Waals surface area contributed by atoms with Crippen LogP contribution in [0.1, 0.15) is 25.7 Å². The summed E-state index contributed by atoms with van der Waals surface area (Å²) < 4.78 is 11.5. The van der Waals surface area contributed by atoms with Crippen LogP contribution in [-0.4, -0.2) is 49.5 Å². The van der Waals surface area contributed by atoms with E-state index < -0.39 is 0 Å². The zero-order chi connectivity index (χ0) is 12.3. The van der Waals surface area contributed by atoms with E-state index in [1.807, 2.05) is 7.05 Å². The molecule has 4 unspecified atom stereocenters. The first-order chi connectivity index (χ1) is 8.22. The molecule has 17 heavy (non-hydrogen) atoms. The molecule has 1 saturated carbocycles. The van der Waals surface area contributed by atoms with Gasteiger partial charge in [0.2, 0.25) is 0 Å². The van der Waals surface area contributed by atoms with Gasteiger partial charge in [0.15, 0.2) is 0 Å². The molecule has 1 aliphatic heterocycles. The fraction of sp³-hybridized carbons (Fsp3) is 1.00. The maximum atomic E-state index is 5.99. The van der Waals surface area contributed by atoms with E-state index in [0.717, 1.165) is 12.8 Å². The first kappa shape index (κ1) is 13.6. The lowest BCUT2D eigenvalue weighted by Crippen LogP contribution is -2.43. The normalized spacial score (nSPS) is 39.7. The first-order valence-corrected chi connectivity index (χ1v) is 6.79. The standard InChI is InChI=1S/C11H23N3O2S/c1-14-10(12-13-11(14)17)7-16-9-6-4-3-5-8(9)15-2/h8-13,17H,3-7H2,1-2H3. The minimum atomic E-state index is 0.0492. The second-order valence-electron chi connectivity index (χ2n) is 4.77. The molecule has 100 valence electrons. The molecule has 0 spiro atoms. The van der Waals surface area contributed by atoms with Gasteiger partial charge in [-0.1, -0.05) is 12.8 Å². The van der Waals surface area contributed by atoms with Gasteiger partial charge in [-0.05, 0) is 19.9 Å². The number of nitrogens with zero attached hydrogens (tertiary/aromatic N) is 1. The summed E-state index contributed by atoms with van der Waals surface area (Å²) in [6.07, 6.45) is 5.39. The maximum Gasteiger partial charge on any atom is 0.119 e. The third-order valence-corrected chi connectivity index (χ3v) is 4.16. The second kappa shape index (κ2) is 6.36. The highest BCUT2D eigenvalue weighted by atomic mass is 32.1. The average molecular weight is 261 g/mol. The van der Waals surface area contributed by atoms with Gasteiger partial charge in [-0.2, -0.15) is 0 Å². The molecular formula is C11H23N3O2S. The molecule has 2 aliphatic rings. The second-order valence-corrected chi connectivity index (χ2v) is 5.26. The van der Waals surface area contributed by atoms with Gasteiger partial charge in [-0.3, -0.25) is 4.90 Å². The molecule has 4 atom stereocenters. The summed E-state index contributed by atoms with van der Waals surface area (Å²) in [5.74, 6) is 0. The average Bonchev–Trinajstić information content (AvgIpc) is 2.68. The Morgan fingerprint density at radius 3 is 2.53 bits per heavy atom. The number of likely N-dealkylation sites (N-methyl/N-ethyl adjacent to an activating group) is 1. The molecule has 1 saturated heterocycles. The number of hydrogen-bond acceptors (Lipinski definition) is 6. The molecule has 5 nitrogen and oxygen atoms in total. The number of ether oxygens (including phenoxy) is 2. The lowest BCUT2D eigenvalue weighted by atomic mass is 9.94. The van der Waals surface area contributed by atoms with Crippen molar-refractivity contribution in [3.8, 4) is 0 Å². The summed E-state index contributed by atoms with van der Waals surface area (Å²) in [6, 6.07) is 0. The van der Waals surface area contributed by atoms with Gasteiger partial charge >= 0.3 is 0 Å². The third kappa shape index (κ3) is 3.33. The van der Waals surface area contributed by atoms with E-state index in [-0.39, 0.29) is 23.9 Å².